The number of nitrogen functional groups attached to an aromatic ring is 1. The molecule has 0 aromatic carbocycles. The molecule has 2 aromatic heterocycles. The topological polar surface area (TPSA) is 140 Å². The van der Waals surface area contributed by atoms with E-state index in [9.17, 15) is 15.3 Å². The van der Waals surface area contributed by atoms with Crippen LogP contribution in [0.25, 0.3) is 11.2 Å². The van der Waals surface area contributed by atoms with E-state index in [1.165, 1.54) is 24.0 Å². The Hall–Kier alpha value is -2.25. The second-order valence-corrected chi connectivity index (χ2v) is 5.20. The fourth-order valence-corrected chi connectivity index (χ4v) is 2.55. The van der Waals surface area contributed by atoms with Gasteiger partial charge in [-0.25, -0.2) is 9.97 Å². The number of hydrogen-bond acceptors (Lipinski definition) is 8. The highest BCUT2D eigenvalue weighted by atomic mass is 16.6. The summed E-state index contributed by atoms with van der Waals surface area (Å²) < 4.78 is 6.92. The van der Waals surface area contributed by atoms with E-state index in [4.69, 9.17) is 16.9 Å². The number of nitrogens with two attached hydrogens (primary N) is 1. The van der Waals surface area contributed by atoms with E-state index in [-0.39, 0.29) is 5.95 Å². The standard InChI is InChI=1S/C13H15N5O4/c1-3-13(21)9(20)8(6(2)19)22-11(13)18-5-16-7-4-15-12(14)17-10(7)18/h1,4-6,8-9,11,19-21H,2H3,(H2,14,15,17)/t6-,8+,9?,11+,13?/m0/s1. The van der Waals surface area contributed by atoms with Crippen molar-refractivity contribution in [1.29, 1.82) is 0 Å². The maximum Gasteiger partial charge on any atom is 0.222 e. The molecule has 3 rings (SSSR count). The molecule has 0 bridgehead atoms. The van der Waals surface area contributed by atoms with Gasteiger partial charge in [0.05, 0.1) is 18.6 Å². The summed E-state index contributed by atoms with van der Waals surface area (Å²) >= 11 is 0. The first-order valence-corrected chi connectivity index (χ1v) is 6.55. The molecule has 0 radical (unpaired) electrons. The van der Waals surface area contributed by atoms with Gasteiger partial charge >= 0.3 is 0 Å². The van der Waals surface area contributed by atoms with Crippen molar-refractivity contribution in [1.82, 2.24) is 19.5 Å². The van der Waals surface area contributed by atoms with Crippen molar-refractivity contribution in [2.45, 2.75) is 37.1 Å². The van der Waals surface area contributed by atoms with Gasteiger partial charge in [-0.3, -0.25) is 4.57 Å². The van der Waals surface area contributed by atoms with E-state index >= 15 is 0 Å². The number of aliphatic hydroxyl groups is 3. The monoisotopic (exact) mass is 305 g/mol. The molecule has 9 nitrogen and oxygen atoms in total. The minimum Gasteiger partial charge on any atom is -0.391 e. The van der Waals surface area contributed by atoms with Crippen molar-refractivity contribution in [3.63, 3.8) is 0 Å². The Morgan fingerprint density at radius 1 is 1.55 bits per heavy atom. The summed E-state index contributed by atoms with van der Waals surface area (Å²) in [5.74, 6) is 2.16. The molecule has 5 N–H and O–H groups in total. The molecule has 1 fully saturated rings. The van der Waals surface area contributed by atoms with Crippen LogP contribution in [0.4, 0.5) is 5.95 Å². The zero-order valence-electron chi connectivity index (χ0n) is 11.7. The van der Waals surface area contributed by atoms with E-state index in [1.54, 1.807) is 0 Å². The van der Waals surface area contributed by atoms with Crippen LogP contribution in [0.5, 0.6) is 0 Å². The normalized spacial score (nSPS) is 33.0. The number of anilines is 1. The predicted octanol–water partition coefficient (Wildman–Crippen LogP) is -1.59. The van der Waals surface area contributed by atoms with Crippen molar-refractivity contribution in [2.75, 3.05) is 5.73 Å². The summed E-state index contributed by atoms with van der Waals surface area (Å²) in [6.45, 7) is 1.43. The molecular formula is C13H15N5O4. The Bertz CT molecular complexity index is 754. The van der Waals surface area contributed by atoms with Crippen molar-refractivity contribution in [3.8, 4) is 12.3 Å². The number of ether oxygens (including phenoxy) is 1. The van der Waals surface area contributed by atoms with Crippen LogP contribution in [-0.4, -0.2) is 58.8 Å². The van der Waals surface area contributed by atoms with Crippen LogP contribution in [0, 0.1) is 12.3 Å². The number of fused-ring (bicyclic) bond motifs is 1. The molecule has 9 heteroatoms. The van der Waals surface area contributed by atoms with E-state index in [0.717, 1.165) is 0 Å². The number of hydrogen-bond donors (Lipinski definition) is 4. The summed E-state index contributed by atoms with van der Waals surface area (Å²) in [5, 5.41) is 30.5. The Labute approximate surface area is 125 Å². The van der Waals surface area contributed by atoms with Gasteiger partial charge in [0.25, 0.3) is 0 Å². The van der Waals surface area contributed by atoms with Gasteiger partial charge in [0.1, 0.15) is 17.7 Å². The van der Waals surface area contributed by atoms with Gasteiger partial charge in [-0.05, 0) is 6.92 Å². The summed E-state index contributed by atoms with van der Waals surface area (Å²) in [4.78, 5) is 11.9. The first kappa shape index (κ1) is 14.7. The third-order valence-corrected chi connectivity index (χ3v) is 3.72. The minimum atomic E-state index is -2.05. The lowest BCUT2D eigenvalue weighted by Crippen LogP contribution is -2.47. The molecule has 116 valence electrons. The Balaban J connectivity index is 2.13. The lowest BCUT2D eigenvalue weighted by atomic mass is 9.93. The Morgan fingerprint density at radius 3 is 2.91 bits per heavy atom. The van der Waals surface area contributed by atoms with Crippen molar-refractivity contribution in [2.24, 2.45) is 0 Å². The van der Waals surface area contributed by atoms with Crippen LogP contribution < -0.4 is 5.73 Å². The van der Waals surface area contributed by atoms with E-state index in [0.29, 0.717) is 11.2 Å². The molecule has 0 amide bonds. The molecular weight excluding hydrogens is 290 g/mol. The third kappa shape index (κ3) is 1.93. The number of aromatic nitrogens is 4. The number of aliphatic hydroxyl groups excluding tert-OH is 2. The van der Waals surface area contributed by atoms with Crippen LogP contribution >= 0.6 is 0 Å². The second kappa shape index (κ2) is 4.89. The average molecular weight is 305 g/mol. The molecule has 1 aliphatic heterocycles. The lowest BCUT2D eigenvalue weighted by Gasteiger charge is -2.26. The number of nitrogens with zero attached hydrogens (tertiary/aromatic N) is 4. The zero-order valence-corrected chi connectivity index (χ0v) is 11.7. The molecule has 2 aromatic rings. The van der Waals surface area contributed by atoms with E-state index in [2.05, 4.69) is 20.9 Å². The van der Waals surface area contributed by atoms with Gasteiger partial charge in [-0.1, -0.05) is 5.92 Å². The number of terminal acetylenes is 1. The smallest absolute Gasteiger partial charge is 0.222 e. The summed E-state index contributed by atoms with van der Waals surface area (Å²) in [5.41, 5.74) is 4.23. The highest BCUT2D eigenvalue weighted by Crippen LogP contribution is 2.40. The van der Waals surface area contributed by atoms with Gasteiger partial charge in [0, 0.05) is 0 Å². The zero-order chi connectivity index (χ0) is 16.1. The van der Waals surface area contributed by atoms with E-state index in [1.807, 2.05) is 0 Å². The summed E-state index contributed by atoms with van der Waals surface area (Å²) in [6.07, 6.45) is 3.41. The highest BCUT2D eigenvalue weighted by molar-refractivity contribution is 5.70. The number of rotatable bonds is 2. The van der Waals surface area contributed by atoms with Crippen molar-refractivity contribution < 1.29 is 20.1 Å². The maximum absolute atomic E-state index is 10.6. The molecule has 3 heterocycles. The summed E-state index contributed by atoms with van der Waals surface area (Å²) in [6, 6.07) is 0. The van der Waals surface area contributed by atoms with Gasteiger partial charge in [0.2, 0.25) is 5.95 Å². The van der Waals surface area contributed by atoms with Crippen LogP contribution in [-0.2, 0) is 4.74 Å². The molecule has 2 unspecified atom stereocenters. The van der Waals surface area contributed by atoms with Gasteiger partial charge < -0.3 is 25.8 Å². The third-order valence-electron chi connectivity index (χ3n) is 3.72. The van der Waals surface area contributed by atoms with Crippen molar-refractivity contribution in [3.05, 3.63) is 12.5 Å². The Kier molecular flexibility index (Phi) is 3.26. The van der Waals surface area contributed by atoms with Crippen molar-refractivity contribution >= 4 is 17.1 Å². The largest absolute Gasteiger partial charge is 0.391 e. The molecule has 1 saturated heterocycles. The highest BCUT2D eigenvalue weighted by Gasteiger charge is 2.57. The Morgan fingerprint density at radius 2 is 2.27 bits per heavy atom. The van der Waals surface area contributed by atoms with Gasteiger partial charge in [-0.2, -0.15) is 4.98 Å². The van der Waals surface area contributed by atoms with Crippen LogP contribution in [0.1, 0.15) is 13.2 Å². The van der Waals surface area contributed by atoms with Crippen LogP contribution in [0.15, 0.2) is 12.5 Å². The SMILES string of the molecule is C#CC1(O)C(O)[C@@H]([C@H](C)O)O[C@H]1n1cnc2cnc(N)nc21. The van der Waals surface area contributed by atoms with Gasteiger partial charge in [-0.15, -0.1) is 6.42 Å². The maximum atomic E-state index is 10.6. The molecule has 0 saturated carbocycles. The van der Waals surface area contributed by atoms with E-state index < -0.39 is 30.1 Å². The average Bonchev–Trinajstić information content (AvgIpc) is 2.99. The molecule has 22 heavy (non-hydrogen) atoms. The van der Waals surface area contributed by atoms with Crippen LogP contribution in [0.3, 0.4) is 0 Å². The van der Waals surface area contributed by atoms with Crippen LogP contribution in [0.2, 0.25) is 0 Å². The fraction of sp³-hybridized carbons (Fsp3) is 0.462. The molecule has 0 spiro atoms. The number of imidazole rings is 1. The molecule has 1 aliphatic rings. The lowest BCUT2D eigenvalue weighted by molar-refractivity contribution is -0.0846. The predicted molar refractivity (Wildman–Crippen MR) is 75.1 cm³/mol. The van der Waals surface area contributed by atoms with Gasteiger partial charge in [0.15, 0.2) is 17.5 Å². The molecule has 0 aliphatic carbocycles. The fourth-order valence-electron chi connectivity index (χ4n) is 2.55. The second-order valence-electron chi connectivity index (χ2n) is 5.20. The minimum absolute atomic E-state index is 0.0177. The molecule has 5 atom stereocenters. The summed E-state index contributed by atoms with van der Waals surface area (Å²) in [7, 11) is 0. The first-order valence-electron chi connectivity index (χ1n) is 6.55. The quantitative estimate of drug-likeness (QED) is 0.487. The first-order chi connectivity index (χ1) is 10.4.